The number of carbonyl (C=O) groups excluding carboxylic acids is 1. The van der Waals surface area contributed by atoms with Crippen molar-refractivity contribution in [2.45, 2.75) is 75.9 Å². The molecule has 0 saturated carbocycles. The highest BCUT2D eigenvalue weighted by molar-refractivity contribution is 5.87. The number of hydrogen-bond acceptors (Lipinski definition) is 6. The highest BCUT2D eigenvalue weighted by Gasteiger charge is 2.42. The third kappa shape index (κ3) is 7.29. The van der Waals surface area contributed by atoms with Gasteiger partial charge in [-0.25, -0.2) is 15.6 Å². The molecule has 0 unspecified atom stereocenters. The number of hydrogen-bond donors (Lipinski definition) is 4. The van der Waals surface area contributed by atoms with Crippen molar-refractivity contribution < 1.29 is 9.53 Å². The summed E-state index contributed by atoms with van der Waals surface area (Å²) in [5, 5.41) is 14.5. The average Bonchev–Trinajstić information content (AvgIpc) is 3.23. The van der Waals surface area contributed by atoms with Gasteiger partial charge in [-0.3, -0.25) is 5.41 Å². The van der Waals surface area contributed by atoms with E-state index in [1.165, 1.54) is 25.7 Å². The SMILES string of the molecule is [N-]=[N+]=NCCCCCCCCCC1(CC(=N)N[C@H]2CCOC2=O)NN1. The minimum atomic E-state index is -0.359. The molecule has 4 N–H and O–H groups in total. The summed E-state index contributed by atoms with van der Waals surface area (Å²) >= 11 is 0. The lowest BCUT2D eigenvalue weighted by atomic mass is 10.0. The Morgan fingerprint density at radius 2 is 1.96 bits per heavy atom. The van der Waals surface area contributed by atoms with Gasteiger partial charge in [0.1, 0.15) is 11.7 Å². The summed E-state index contributed by atoms with van der Waals surface area (Å²) in [6.45, 7) is 1.05. The fraction of sp³-hybridized carbons (Fsp3) is 0.875. The number of nitrogens with one attached hydrogen (secondary N) is 4. The van der Waals surface area contributed by atoms with Crippen LogP contribution in [0.15, 0.2) is 5.11 Å². The standard InChI is InChI=1S/C16H29N7O2/c17-14(20-13-8-11-25-15(13)24)12-16(21-22-16)9-6-4-2-1-3-5-7-10-19-23-18/h13,21-22H,1-12H2,(H2,17,20)/t13-/m0/s1. The molecule has 9 nitrogen and oxygen atoms in total. The number of azide groups is 1. The van der Waals surface area contributed by atoms with Gasteiger partial charge in [0.2, 0.25) is 0 Å². The maximum absolute atomic E-state index is 11.4. The molecule has 9 heteroatoms. The summed E-state index contributed by atoms with van der Waals surface area (Å²) in [6, 6.07) is -0.359. The summed E-state index contributed by atoms with van der Waals surface area (Å²) in [6.07, 6.45) is 10.2. The predicted molar refractivity (Wildman–Crippen MR) is 94.8 cm³/mol. The Bertz CT molecular complexity index is 501. The molecule has 2 aliphatic rings. The molecule has 0 aromatic carbocycles. The van der Waals surface area contributed by atoms with Gasteiger partial charge < -0.3 is 10.1 Å². The molecule has 140 valence electrons. The Morgan fingerprint density at radius 3 is 2.56 bits per heavy atom. The molecule has 0 aromatic rings. The van der Waals surface area contributed by atoms with Gasteiger partial charge in [0.05, 0.1) is 12.4 Å². The van der Waals surface area contributed by atoms with E-state index in [0.717, 1.165) is 25.7 Å². The number of hydrazine groups is 1. The maximum atomic E-state index is 11.4. The van der Waals surface area contributed by atoms with Gasteiger partial charge in [0.25, 0.3) is 0 Å². The zero-order chi connectivity index (χ0) is 18.0. The predicted octanol–water partition coefficient (Wildman–Crippen LogP) is 2.49. The van der Waals surface area contributed by atoms with Crippen LogP contribution >= 0.6 is 0 Å². The van der Waals surface area contributed by atoms with Gasteiger partial charge in [-0.05, 0) is 18.4 Å². The molecule has 2 saturated heterocycles. The number of carbonyl (C=O) groups is 1. The highest BCUT2D eigenvalue weighted by Crippen LogP contribution is 2.24. The first-order chi connectivity index (χ1) is 12.2. The molecule has 0 amide bonds. The van der Waals surface area contributed by atoms with E-state index in [4.69, 9.17) is 15.7 Å². The fourth-order valence-corrected chi connectivity index (χ4v) is 3.12. The van der Waals surface area contributed by atoms with Crippen molar-refractivity contribution in [2.75, 3.05) is 13.2 Å². The molecule has 1 atom stereocenters. The lowest BCUT2D eigenvalue weighted by Gasteiger charge is -2.16. The van der Waals surface area contributed by atoms with Crippen LogP contribution < -0.4 is 16.2 Å². The summed E-state index contributed by atoms with van der Waals surface area (Å²) < 4.78 is 4.90. The van der Waals surface area contributed by atoms with Gasteiger partial charge >= 0.3 is 5.97 Å². The van der Waals surface area contributed by atoms with Crippen molar-refractivity contribution >= 4 is 11.8 Å². The van der Waals surface area contributed by atoms with Gasteiger partial charge in [-0.15, -0.1) is 0 Å². The number of esters is 1. The average molecular weight is 351 g/mol. The van der Waals surface area contributed by atoms with E-state index in [9.17, 15) is 4.79 Å². The van der Waals surface area contributed by atoms with Crippen LogP contribution in [0.2, 0.25) is 0 Å². The second kappa shape index (κ2) is 10.2. The van der Waals surface area contributed by atoms with Crippen LogP contribution in [0.1, 0.15) is 64.2 Å². The van der Waals surface area contributed by atoms with Crippen molar-refractivity contribution in [3.8, 4) is 0 Å². The highest BCUT2D eigenvalue weighted by atomic mass is 16.5. The lowest BCUT2D eigenvalue weighted by Crippen LogP contribution is -2.40. The first kappa shape index (κ1) is 19.5. The lowest BCUT2D eigenvalue weighted by molar-refractivity contribution is -0.139. The van der Waals surface area contributed by atoms with Crippen LogP contribution in [-0.2, 0) is 9.53 Å². The summed E-state index contributed by atoms with van der Waals surface area (Å²) in [4.78, 5) is 14.2. The van der Waals surface area contributed by atoms with Gasteiger partial charge in [-0.1, -0.05) is 43.6 Å². The minimum absolute atomic E-state index is 0.179. The van der Waals surface area contributed by atoms with E-state index in [0.29, 0.717) is 31.8 Å². The van der Waals surface area contributed by atoms with Crippen molar-refractivity contribution in [1.29, 1.82) is 5.41 Å². The summed E-state index contributed by atoms with van der Waals surface area (Å²) in [5.74, 6) is 0.122. The Labute approximate surface area is 148 Å². The number of nitrogens with zero attached hydrogens (tertiary/aromatic N) is 3. The van der Waals surface area contributed by atoms with Crippen molar-refractivity contribution in [2.24, 2.45) is 5.11 Å². The molecule has 25 heavy (non-hydrogen) atoms. The molecule has 2 heterocycles. The second-order valence-corrected chi connectivity index (χ2v) is 6.82. The molecular weight excluding hydrogens is 322 g/mol. The molecule has 0 spiro atoms. The van der Waals surface area contributed by atoms with E-state index >= 15 is 0 Å². The number of rotatable bonds is 13. The van der Waals surface area contributed by atoms with E-state index in [1.54, 1.807) is 0 Å². The fourth-order valence-electron chi connectivity index (χ4n) is 3.12. The third-order valence-corrected chi connectivity index (χ3v) is 4.67. The Morgan fingerprint density at radius 1 is 1.28 bits per heavy atom. The molecule has 2 rings (SSSR count). The van der Waals surface area contributed by atoms with Gasteiger partial charge in [-0.2, -0.15) is 0 Å². The van der Waals surface area contributed by atoms with Gasteiger partial charge in [0, 0.05) is 24.3 Å². The van der Waals surface area contributed by atoms with E-state index in [-0.39, 0.29) is 17.7 Å². The van der Waals surface area contributed by atoms with E-state index in [2.05, 4.69) is 26.2 Å². The number of ether oxygens (including phenoxy) is 1. The Hall–Kier alpha value is -1.83. The van der Waals surface area contributed by atoms with E-state index < -0.39 is 0 Å². The zero-order valence-corrected chi connectivity index (χ0v) is 14.7. The maximum Gasteiger partial charge on any atom is 0.328 e. The molecule has 2 fully saturated rings. The first-order valence-corrected chi connectivity index (χ1v) is 9.21. The van der Waals surface area contributed by atoms with Crippen molar-refractivity contribution in [3.05, 3.63) is 10.4 Å². The van der Waals surface area contributed by atoms with Gasteiger partial charge in [0.15, 0.2) is 0 Å². The van der Waals surface area contributed by atoms with Crippen LogP contribution in [-0.4, -0.2) is 36.7 Å². The molecule has 0 bridgehead atoms. The molecule has 0 radical (unpaired) electrons. The third-order valence-electron chi connectivity index (χ3n) is 4.67. The minimum Gasteiger partial charge on any atom is -0.464 e. The smallest absolute Gasteiger partial charge is 0.328 e. The van der Waals surface area contributed by atoms with Crippen LogP contribution in [0.5, 0.6) is 0 Å². The van der Waals surface area contributed by atoms with Crippen LogP contribution in [0, 0.1) is 5.41 Å². The quantitative estimate of drug-likeness (QED) is 0.0586. The monoisotopic (exact) mass is 351 g/mol. The van der Waals surface area contributed by atoms with Crippen molar-refractivity contribution in [1.82, 2.24) is 16.2 Å². The summed E-state index contributed by atoms with van der Waals surface area (Å²) in [5.41, 5.74) is 14.3. The van der Waals surface area contributed by atoms with Crippen molar-refractivity contribution in [3.63, 3.8) is 0 Å². The molecular formula is C16H29N7O2. The normalized spacial score (nSPS) is 20.6. The molecule has 0 aliphatic carbocycles. The number of cyclic esters (lactones) is 1. The van der Waals surface area contributed by atoms with Crippen LogP contribution in [0.4, 0.5) is 0 Å². The second-order valence-electron chi connectivity index (χ2n) is 6.82. The summed E-state index contributed by atoms with van der Waals surface area (Å²) in [7, 11) is 0. The Kier molecular flexibility index (Phi) is 7.97. The first-order valence-electron chi connectivity index (χ1n) is 9.21. The number of amidine groups is 1. The number of unbranched alkanes of at least 4 members (excludes halogenated alkanes) is 6. The largest absolute Gasteiger partial charge is 0.464 e. The van der Waals surface area contributed by atoms with E-state index in [1.807, 2.05) is 0 Å². The van der Waals surface area contributed by atoms with Crippen LogP contribution in [0.25, 0.3) is 10.4 Å². The van der Waals surface area contributed by atoms with Crippen LogP contribution in [0.3, 0.4) is 0 Å². The topological polar surface area (TPSA) is 155 Å². The molecule has 0 aromatic heterocycles. The zero-order valence-electron chi connectivity index (χ0n) is 14.7. The Balaban J connectivity index is 1.48. The molecule has 2 aliphatic heterocycles.